The van der Waals surface area contributed by atoms with Gasteiger partial charge < -0.3 is 10.7 Å². The Morgan fingerprint density at radius 3 is 3.00 bits per heavy atom. The number of hydrogen-bond donors (Lipinski definition) is 3. The average Bonchev–Trinajstić information content (AvgIpc) is 3.65. The van der Waals surface area contributed by atoms with E-state index in [4.69, 9.17) is 16.1 Å². The number of nitrogens with zero attached hydrogens (tertiary/aromatic N) is 5. The number of rotatable bonds is 6. The molecule has 2 aliphatic rings. The number of fused-ring (bicyclic) bond motifs is 2. The summed E-state index contributed by atoms with van der Waals surface area (Å²) in [5, 5.41) is 16.5. The predicted molar refractivity (Wildman–Crippen MR) is 144 cm³/mol. The predicted octanol–water partition coefficient (Wildman–Crippen LogP) is 5.23. The molecule has 37 heavy (non-hydrogen) atoms. The first-order chi connectivity index (χ1) is 18.1. The van der Waals surface area contributed by atoms with Crippen LogP contribution in [0.2, 0.25) is 0 Å². The molecule has 0 amide bonds. The largest absolute Gasteiger partial charge is 0.390 e. The van der Waals surface area contributed by atoms with E-state index in [2.05, 4.69) is 38.5 Å². The second-order valence-electron chi connectivity index (χ2n) is 10.0. The van der Waals surface area contributed by atoms with Gasteiger partial charge in [-0.3, -0.25) is 10.4 Å². The Kier molecular flexibility index (Phi) is 6.12. The normalized spacial score (nSPS) is 21.2. The molecule has 6 rings (SSSR count). The molecule has 1 aliphatic heterocycles. The minimum Gasteiger partial charge on any atom is -0.390 e. The molecular weight excluding hydrogens is 467 g/mol. The quantitative estimate of drug-likeness (QED) is 0.250. The summed E-state index contributed by atoms with van der Waals surface area (Å²) >= 11 is 0. The van der Waals surface area contributed by atoms with Gasteiger partial charge in [0.15, 0.2) is 11.7 Å². The van der Waals surface area contributed by atoms with Gasteiger partial charge in [-0.1, -0.05) is 29.5 Å². The standard InChI is InChI=1S/C28H29FN8/c29-22-14-25(34-27(22)28(31)33-16-30)19-9-7-17(11-19)5-6-18-8-10-20-13-21(15-32-24(20)12-18)37-26-4-2-1-3-23(26)35-36-37/h1-4,8,10,12,14-17,19,21,34H,5-7,9,11,13H2,(H3,30,31,33). The molecule has 0 radical (unpaired) electrons. The summed E-state index contributed by atoms with van der Waals surface area (Å²) in [6, 6.07) is 16.2. The van der Waals surface area contributed by atoms with Crippen molar-refractivity contribution < 1.29 is 4.39 Å². The summed E-state index contributed by atoms with van der Waals surface area (Å²) in [4.78, 5) is 11.5. The number of H-pyrrole nitrogens is 1. The van der Waals surface area contributed by atoms with Crippen molar-refractivity contribution >= 4 is 35.1 Å². The number of nitrogens with one attached hydrogen (secondary N) is 2. The molecule has 1 saturated carbocycles. The van der Waals surface area contributed by atoms with Gasteiger partial charge in [0.2, 0.25) is 0 Å². The fourth-order valence-electron chi connectivity index (χ4n) is 5.75. The average molecular weight is 497 g/mol. The zero-order chi connectivity index (χ0) is 25.4. The molecule has 9 heteroatoms. The van der Waals surface area contributed by atoms with Gasteiger partial charge in [0, 0.05) is 18.3 Å². The van der Waals surface area contributed by atoms with Gasteiger partial charge in [-0.25, -0.2) is 14.1 Å². The van der Waals surface area contributed by atoms with Gasteiger partial charge in [0.1, 0.15) is 11.2 Å². The van der Waals surface area contributed by atoms with E-state index in [1.165, 1.54) is 17.2 Å². The topological polar surface area (TPSA) is 121 Å². The molecule has 3 heterocycles. The maximum atomic E-state index is 14.3. The number of nitrogens with two attached hydrogens (primary N) is 1. The molecule has 3 atom stereocenters. The monoisotopic (exact) mass is 496 g/mol. The molecule has 3 unspecified atom stereocenters. The number of aliphatic imine (C=N–C) groups is 2. The summed E-state index contributed by atoms with van der Waals surface area (Å²) in [5.74, 6) is 0.242. The number of benzene rings is 2. The van der Waals surface area contributed by atoms with Crippen molar-refractivity contribution in [2.45, 2.75) is 50.5 Å². The van der Waals surface area contributed by atoms with E-state index < -0.39 is 5.82 Å². The smallest absolute Gasteiger partial charge is 0.173 e. The van der Waals surface area contributed by atoms with E-state index >= 15 is 0 Å². The first-order valence-corrected chi connectivity index (χ1v) is 12.8. The lowest BCUT2D eigenvalue weighted by molar-refractivity contribution is 0.494. The van der Waals surface area contributed by atoms with Gasteiger partial charge in [-0.15, -0.1) is 5.10 Å². The van der Waals surface area contributed by atoms with E-state index in [1.54, 1.807) is 0 Å². The Morgan fingerprint density at radius 2 is 2.11 bits per heavy atom. The third-order valence-corrected chi connectivity index (χ3v) is 7.71. The zero-order valence-electron chi connectivity index (χ0n) is 20.4. The van der Waals surface area contributed by atoms with Crippen molar-refractivity contribution in [2.75, 3.05) is 0 Å². The Hall–Kier alpha value is -4.14. The molecule has 188 valence electrons. The van der Waals surface area contributed by atoms with Crippen LogP contribution in [0.25, 0.3) is 11.0 Å². The number of para-hydroxylation sites is 1. The highest BCUT2D eigenvalue weighted by Crippen LogP contribution is 2.40. The third kappa shape index (κ3) is 4.57. The van der Waals surface area contributed by atoms with E-state index in [9.17, 15) is 4.39 Å². The van der Waals surface area contributed by atoms with Crippen LogP contribution < -0.4 is 5.73 Å². The summed E-state index contributed by atoms with van der Waals surface area (Å²) in [6.07, 6.45) is 9.09. The highest BCUT2D eigenvalue weighted by atomic mass is 19.1. The van der Waals surface area contributed by atoms with Crippen LogP contribution in [-0.2, 0) is 12.8 Å². The highest BCUT2D eigenvalue weighted by Gasteiger charge is 2.28. The zero-order valence-corrected chi connectivity index (χ0v) is 20.4. The van der Waals surface area contributed by atoms with Gasteiger partial charge in [0.25, 0.3) is 0 Å². The number of amidine groups is 1. The lowest BCUT2D eigenvalue weighted by Crippen LogP contribution is -2.17. The van der Waals surface area contributed by atoms with Crippen molar-refractivity contribution in [3.05, 3.63) is 76.9 Å². The maximum absolute atomic E-state index is 14.3. The number of aromatic nitrogens is 4. The molecule has 4 N–H and O–H groups in total. The minimum atomic E-state index is -0.442. The fourth-order valence-corrected chi connectivity index (χ4v) is 5.75. The molecule has 0 bridgehead atoms. The van der Waals surface area contributed by atoms with Crippen LogP contribution in [0.15, 0.2) is 58.5 Å². The highest BCUT2D eigenvalue weighted by molar-refractivity contribution is 5.99. The summed E-state index contributed by atoms with van der Waals surface area (Å²) in [7, 11) is 0. The molecule has 0 saturated heterocycles. The van der Waals surface area contributed by atoms with Crippen LogP contribution in [0, 0.1) is 17.1 Å². The number of halogens is 1. The van der Waals surface area contributed by atoms with Gasteiger partial charge >= 0.3 is 0 Å². The summed E-state index contributed by atoms with van der Waals surface area (Å²) in [5.41, 5.74) is 11.7. The Morgan fingerprint density at radius 1 is 1.22 bits per heavy atom. The van der Waals surface area contributed by atoms with E-state index in [0.717, 1.165) is 67.3 Å². The fraction of sp³-hybridized carbons (Fsp3) is 0.321. The molecule has 0 spiro atoms. The molecule has 2 aromatic carbocycles. The maximum Gasteiger partial charge on any atom is 0.173 e. The second kappa shape index (κ2) is 9.72. The third-order valence-electron chi connectivity index (χ3n) is 7.71. The number of aromatic amines is 1. The first kappa shape index (κ1) is 23.3. The molecule has 4 aromatic rings. The molecule has 8 nitrogen and oxygen atoms in total. The van der Waals surface area contributed by atoms with Crippen molar-refractivity contribution in [3.8, 4) is 0 Å². The SMILES string of the molecule is N=C(N=CN)c1[nH]c(C2CCC(CCc3ccc4c(c3)N=CC(n3nnc5ccccc53)C4)C2)cc1F. The van der Waals surface area contributed by atoms with Gasteiger partial charge in [-0.2, -0.15) is 0 Å². The molecule has 1 aliphatic carbocycles. The van der Waals surface area contributed by atoms with Crippen LogP contribution in [0.3, 0.4) is 0 Å². The van der Waals surface area contributed by atoms with Gasteiger partial charge in [0.05, 0.1) is 23.6 Å². The van der Waals surface area contributed by atoms with E-state index in [-0.39, 0.29) is 23.5 Å². The van der Waals surface area contributed by atoms with Crippen molar-refractivity contribution in [1.82, 2.24) is 20.0 Å². The molecular formula is C28H29FN8. The number of hydrogen-bond acceptors (Lipinski definition) is 4. The Bertz CT molecular complexity index is 1510. The first-order valence-electron chi connectivity index (χ1n) is 12.8. The van der Waals surface area contributed by atoms with Crippen molar-refractivity contribution in [3.63, 3.8) is 0 Å². The van der Waals surface area contributed by atoms with Crippen LogP contribution in [-0.4, -0.2) is 38.4 Å². The lowest BCUT2D eigenvalue weighted by atomic mass is 9.94. The van der Waals surface area contributed by atoms with Crippen LogP contribution in [0.5, 0.6) is 0 Å². The minimum absolute atomic E-state index is 0.0605. The van der Waals surface area contributed by atoms with Crippen LogP contribution >= 0.6 is 0 Å². The van der Waals surface area contributed by atoms with E-state index in [1.807, 2.05) is 35.2 Å². The Labute approximate surface area is 214 Å². The molecule has 1 fully saturated rings. The summed E-state index contributed by atoms with van der Waals surface area (Å²) in [6.45, 7) is 0. The van der Waals surface area contributed by atoms with Crippen molar-refractivity contribution in [1.29, 1.82) is 5.41 Å². The van der Waals surface area contributed by atoms with Gasteiger partial charge in [-0.05, 0) is 79.3 Å². The lowest BCUT2D eigenvalue weighted by Gasteiger charge is -2.20. The molecule has 2 aromatic heterocycles. The van der Waals surface area contributed by atoms with Crippen LogP contribution in [0.1, 0.15) is 60.2 Å². The van der Waals surface area contributed by atoms with Crippen molar-refractivity contribution in [2.24, 2.45) is 21.6 Å². The Balaban J connectivity index is 1.07. The number of aryl methyl sites for hydroxylation is 1. The van der Waals surface area contributed by atoms with E-state index in [0.29, 0.717) is 5.92 Å². The summed E-state index contributed by atoms with van der Waals surface area (Å²) < 4.78 is 16.3. The van der Waals surface area contributed by atoms with Crippen LogP contribution in [0.4, 0.5) is 10.1 Å². The second-order valence-corrected chi connectivity index (χ2v) is 10.0.